The average Bonchev–Trinajstić information content (AvgIpc) is 2.39. The van der Waals surface area contributed by atoms with Crippen LogP contribution in [-0.4, -0.2) is 18.3 Å². The molecule has 13 aromatic carbocycles. The molecular formula is C76H42N6O. The van der Waals surface area contributed by atoms with Crippen LogP contribution in [0.25, 0.3) is 165 Å². The van der Waals surface area contributed by atoms with Crippen LogP contribution in [0.15, 0.2) is 259 Å². The number of fused-ring (bicyclic) bond motifs is 19. The first-order valence-electron chi connectivity index (χ1n) is 28.0. The first-order chi connectivity index (χ1) is 41.2. The van der Waals surface area contributed by atoms with Gasteiger partial charge in [0.05, 0.1) is 66.9 Å². The molecule has 0 unspecified atom stereocenters. The number of benzene rings is 13. The summed E-state index contributed by atoms with van der Waals surface area (Å²) in [6.45, 7) is 0. The highest BCUT2D eigenvalue weighted by atomic mass is 16.3. The summed E-state index contributed by atoms with van der Waals surface area (Å²) in [6, 6.07) is 95.4. The fourth-order valence-corrected chi connectivity index (χ4v) is 14.2. The maximum atomic E-state index is 13.0. The van der Waals surface area contributed by atoms with Crippen LogP contribution in [-0.2, 0) is 0 Å². The number of rotatable bonds is 5. The number of aromatic nitrogens is 4. The van der Waals surface area contributed by atoms with E-state index < -0.39 is 0 Å². The lowest BCUT2D eigenvalue weighted by Crippen LogP contribution is -2.16. The van der Waals surface area contributed by atoms with Crippen LogP contribution in [0.5, 0.6) is 0 Å². The quantitative estimate of drug-likeness (QED) is 0.161. The first-order valence-corrected chi connectivity index (χ1v) is 28.0. The van der Waals surface area contributed by atoms with Gasteiger partial charge >= 0.3 is 0 Å². The highest BCUT2D eigenvalue weighted by Crippen LogP contribution is 2.51. The molecule has 0 radical (unpaired) electrons. The van der Waals surface area contributed by atoms with E-state index in [-0.39, 0.29) is 0 Å². The molecule has 5 aromatic heterocycles. The van der Waals surface area contributed by atoms with Gasteiger partial charge in [0.1, 0.15) is 28.8 Å². The maximum absolute atomic E-state index is 13.0. The second-order valence-electron chi connectivity index (χ2n) is 21.7. The van der Waals surface area contributed by atoms with Gasteiger partial charge in [-0.05, 0) is 93.3 Å². The smallest absolute Gasteiger partial charge is 0.160 e. The van der Waals surface area contributed by atoms with Crippen molar-refractivity contribution in [2.45, 2.75) is 0 Å². The Morgan fingerprint density at radius 2 is 0.639 bits per heavy atom. The number of furan rings is 1. The molecule has 0 saturated carbocycles. The molecular weight excluding hydrogens is 1010 g/mol. The normalized spacial score (nSPS) is 12.1. The monoisotopic (exact) mass is 1050 g/mol. The number of nitriles is 2. The maximum Gasteiger partial charge on any atom is 0.160 e. The van der Waals surface area contributed by atoms with Crippen molar-refractivity contribution in [1.82, 2.24) is 18.3 Å². The Kier molecular flexibility index (Phi) is 9.23. The van der Waals surface area contributed by atoms with Crippen LogP contribution in [0.3, 0.4) is 0 Å². The SMILES string of the molecule is N#Cc1c(-n2c3ccccc3c3ccccc32)c(-n2c3ccccc3c3ccccc32)c(C#N)c(-n2c3cc(-c4cc5ccccc5c5ccccc45)ccc3c3ccc4c5ccccc5oc4c32)c1-n1c2ccccc2c2ccccc21. The lowest BCUT2D eigenvalue weighted by atomic mass is 9.93. The van der Waals surface area contributed by atoms with Gasteiger partial charge in [-0.3, -0.25) is 0 Å². The Bertz CT molecular complexity index is 5820. The molecule has 0 aliphatic carbocycles. The molecule has 382 valence electrons. The Balaban J connectivity index is 1.14. The van der Waals surface area contributed by atoms with Crippen LogP contribution in [0.1, 0.15) is 11.1 Å². The molecule has 0 aliphatic heterocycles. The molecule has 0 N–H and O–H groups in total. The van der Waals surface area contributed by atoms with E-state index in [2.05, 4.69) is 273 Å². The minimum atomic E-state index is 0.373. The van der Waals surface area contributed by atoms with Crippen molar-refractivity contribution in [1.29, 1.82) is 10.5 Å². The number of hydrogen-bond acceptors (Lipinski definition) is 3. The van der Waals surface area contributed by atoms with E-state index in [9.17, 15) is 10.5 Å². The topological polar surface area (TPSA) is 80.4 Å². The Morgan fingerprint density at radius 1 is 0.277 bits per heavy atom. The van der Waals surface area contributed by atoms with Crippen molar-refractivity contribution in [3.63, 3.8) is 0 Å². The minimum Gasteiger partial charge on any atom is -0.454 e. The van der Waals surface area contributed by atoms with Crippen molar-refractivity contribution in [3.05, 3.63) is 266 Å². The van der Waals surface area contributed by atoms with Crippen molar-refractivity contribution >= 4 is 131 Å². The van der Waals surface area contributed by atoms with Gasteiger partial charge in [-0.15, -0.1) is 0 Å². The molecule has 0 fully saturated rings. The molecule has 83 heavy (non-hydrogen) atoms. The van der Waals surface area contributed by atoms with Crippen LogP contribution in [0.4, 0.5) is 0 Å². The van der Waals surface area contributed by atoms with Gasteiger partial charge in [0.25, 0.3) is 0 Å². The van der Waals surface area contributed by atoms with Crippen molar-refractivity contribution in [2.75, 3.05) is 0 Å². The Labute approximate surface area is 473 Å². The van der Waals surface area contributed by atoms with Crippen LogP contribution in [0, 0.1) is 22.7 Å². The molecule has 7 heteroatoms. The molecule has 0 aliphatic rings. The van der Waals surface area contributed by atoms with Gasteiger partial charge in [0, 0.05) is 53.9 Å². The van der Waals surface area contributed by atoms with Gasteiger partial charge in [0.2, 0.25) is 0 Å². The van der Waals surface area contributed by atoms with E-state index >= 15 is 0 Å². The summed E-state index contributed by atoms with van der Waals surface area (Å²) in [6.07, 6.45) is 0. The fourth-order valence-electron chi connectivity index (χ4n) is 14.2. The number of para-hydroxylation sites is 7. The van der Waals surface area contributed by atoms with E-state index in [4.69, 9.17) is 4.42 Å². The summed E-state index contributed by atoms with van der Waals surface area (Å²) in [5, 5.41) is 40.6. The molecule has 18 rings (SSSR count). The highest BCUT2D eigenvalue weighted by molar-refractivity contribution is 6.24. The zero-order valence-corrected chi connectivity index (χ0v) is 44.3. The van der Waals surface area contributed by atoms with Gasteiger partial charge in [-0.1, -0.05) is 194 Å². The first kappa shape index (κ1) is 45.2. The Morgan fingerprint density at radius 3 is 1.12 bits per heavy atom. The van der Waals surface area contributed by atoms with Crippen LogP contribution >= 0.6 is 0 Å². The van der Waals surface area contributed by atoms with Gasteiger partial charge in [-0.2, -0.15) is 10.5 Å². The molecule has 0 spiro atoms. The van der Waals surface area contributed by atoms with Crippen LogP contribution < -0.4 is 0 Å². The second kappa shape index (κ2) is 16.9. The van der Waals surface area contributed by atoms with E-state index in [1.165, 1.54) is 10.8 Å². The molecule has 0 amide bonds. The van der Waals surface area contributed by atoms with Gasteiger partial charge < -0.3 is 22.7 Å². The molecule has 5 heterocycles. The third-order valence-electron chi connectivity index (χ3n) is 17.6. The zero-order chi connectivity index (χ0) is 54.6. The predicted molar refractivity (Wildman–Crippen MR) is 341 cm³/mol. The summed E-state index contributed by atoms with van der Waals surface area (Å²) < 4.78 is 16.2. The molecule has 18 aromatic rings. The predicted octanol–water partition coefficient (Wildman–Crippen LogP) is 19.7. The summed E-state index contributed by atoms with van der Waals surface area (Å²) in [4.78, 5) is 0. The second-order valence-corrected chi connectivity index (χ2v) is 21.7. The lowest BCUT2D eigenvalue weighted by Gasteiger charge is -2.27. The minimum absolute atomic E-state index is 0.373. The van der Waals surface area contributed by atoms with Gasteiger partial charge in [0.15, 0.2) is 5.58 Å². The van der Waals surface area contributed by atoms with E-state index in [0.717, 1.165) is 125 Å². The van der Waals surface area contributed by atoms with E-state index in [1.807, 2.05) is 12.1 Å². The third-order valence-corrected chi connectivity index (χ3v) is 17.6. The van der Waals surface area contributed by atoms with Gasteiger partial charge in [-0.25, -0.2) is 0 Å². The molecule has 7 nitrogen and oxygen atoms in total. The molecule has 0 bridgehead atoms. The zero-order valence-electron chi connectivity index (χ0n) is 44.3. The summed E-state index contributed by atoms with van der Waals surface area (Å²) >= 11 is 0. The van der Waals surface area contributed by atoms with Crippen molar-refractivity contribution in [2.24, 2.45) is 0 Å². The van der Waals surface area contributed by atoms with Crippen molar-refractivity contribution in [3.8, 4) is 46.0 Å². The largest absolute Gasteiger partial charge is 0.454 e. The van der Waals surface area contributed by atoms with Crippen LogP contribution in [0.2, 0.25) is 0 Å². The average molecular weight is 1060 g/mol. The summed E-state index contributed by atoms with van der Waals surface area (Å²) in [7, 11) is 0. The number of nitrogens with zero attached hydrogens (tertiary/aromatic N) is 6. The van der Waals surface area contributed by atoms with Crippen molar-refractivity contribution < 1.29 is 4.42 Å². The highest BCUT2D eigenvalue weighted by Gasteiger charge is 2.35. The summed E-state index contributed by atoms with van der Waals surface area (Å²) in [5.74, 6) is 0. The van der Waals surface area contributed by atoms with E-state index in [0.29, 0.717) is 39.5 Å². The molecule has 0 saturated heterocycles. The third kappa shape index (κ3) is 6.04. The lowest BCUT2D eigenvalue weighted by molar-refractivity contribution is 0.671. The fraction of sp³-hybridized carbons (Fsp3) is 0. The molecule has 0 atom stereocenters. The summed E-state index contributed by atoms with van der Waals surface area (Å²) in [5.41, 5.74) is 13.6. The number of hydrogen-bond donors (Lipinski definition) is 0. The Hall–Kier alpha value is -11.6. The standard InChI is InChI=1S/C76H42N6O/c77-43-61-71(79-63-30-12-5-23-50(63)51-24-6-13-31-64(51)79)72(80-65-32-14-7-25-52(65)53-26-8-15-33-66(53)80)62(44-78)74(73(61)81-67-34-16-9-27-54(67)55-28-10-17-35-68(55)81)82-69-42-46(60-41-45-19-1-2-20-47(45)48-21-3-4-22-49(48)60)37-38-56(69)58-39-40-59-57-29-11-18-36-70(57)83-76(59)75(58)82/h1-42H. The van der Waals surface area contributed by atoms with E-state index in [1.54, 1.807) is 0 Å².